The van der Waals surface area contributed by atoms with Gasteiger partial charge >= 0.3 is 6.03 Å². The van der Waals surface area contributed by atoms with E-state index in [1.165, 1.54) is 4.90 Å². The predicted octanol–water partition coefficient (Wildman–Crippen LogP) is 4.30. The highest BCUT2D eigenvalue weighted by atomic mass is 32.2. The Morgan fingerprint density at radius 3 is 2.33 bits per heavy atom. The van der Waals surface area contributed by atoms with Crippen LogP contribution in [0.5, 0.6) is 0 Å². The number of hydrogen-bond donors (Lipinski definition) is 2. The lowest BCUT2D eigenvalue weighted by Gasteiger charge is -2.15. The zero-order valence-corrected chi connectivity index (χ0v) is 16.2. The Labute approximate surface area is 162 Å². The van der Waals surface area contributed by atoms with Crippen molar-refractivity contribution in [3.05, 3.63) is 53.6 Å². The highest BCUT2D eigenvalue weighted by Crippen LogP contribution is 2.27. The zero-order valence-electron chi connectivity index (χ0n) is 15.4. The van der Waals surface area contributed by atoms with Gasteiger partial charge in [0.1, 0.15) is 0 Å². The van der Waals surface area contributed by atoms with E-state index < -0.39 is 6.03 Å². The topological polar surface area (TPSA) is 78.5 Å². The van der Waals surface area contributed by atoms with Gasteiger partial charge in [0.2, 0.25) is 0 Å². The monoisotopic (exact) mass is 383 g/mol. The molecular weight excluding hydrogens is 362 g/mol. The minimum Gasteiger partial charge on any atom is -0.308 e. The summed E-state index contributed by atoms with van der Waals surface area (Å²) >= 11 is 1.59. The molecule has 0 saturated heterocycles. The molecule has 2 aromatic rings. The molecule has 6 nitrogen and oxygen atoms in total. The van der Waals surface area contributed by atoms with E-state index >= 15 is 0 Å². The van der Waals surface area contributed by atoms with Crippen molar-refractivity contribution in [1.29, 1.82) is 0 Å². The number of carbonyl (C=O) groups is 3. The van der Waals surface area contributed by atoms with Gasteiger partial charge in [-0.2, -0.15) is 0 Å². The second kappa shape index (κ2) is 7.84. The fraction of sp³-hybridized carbons (Fsp3) is 0.250. The summed E-state index contributed by atoms with van der Waals surface area (Å²) in [4.78, 5) is 39.4. The quantitative estimate of drug-likeness (QED) is 0.596. The number of amides is 4. The summed E-state index contributed by atoms with van der Waals surface area (Å²) < 4.78 is 0. The van der Waals surface area contributed by atoms with Gasteiger partial charge in [-0.25, -0.2) is 4.79 Å². The summed E-state index contributed by atoms with van der Waals surface area (Å²) in [5, 5.41) is 5.47. The molecule has 0 unspecified atom stereocenters. The van der Waals surface area contributed by atoms with Crippen LogP contribution in [0.25, 0.3) is 0 Å². The lowest BCUT2D eigenvalue weighted by molar-refractivity contribution is 0.0636. The van der Waals surface area contributed by atoms with E-state index in [-0.39, 0.29) is 17.7 Å². The SMILES string of the molecule is CSc1cccc(NC(=O)Nc2ccc3c(c2)C(=O)N(CC(C)C)C3=O)c1. The Hall–Kier alpha value is -2.80. The molecule has 27 heavy (non-hydrogen) atoms. The van der Waals surface area contributed by atoms with E-state index in [1.54, 1.807) is 36.0 Å². The van der Waals surface area contributed by atoms with Gasteiger partial charge in [0, 0.05) is 22.8 Å². The molecule has 2 N–H and O–H groups in total. The fourth-order valence-corrected chi connectivity index (χ4v) is 3.35. The molecule has 0 saturated carbocycles. The summed E-state index contributed by atoms with van der Waals surface area (Å²) in [5.41, 5.74) is 1.83. The van der Waals surface area contributed by atoms with Gasteiger partial charge in [0.15, 0.2) is 0 Å². The van der Waals surface area contributed by atoms with Crippen LogP contribution < -0.4 is 10.6 Å². The lowest BCUT2D eigenvalue weighted by atomic mass is 10.1. The average Bonchev–Trinajstić information content (AvgIpc) is 2.86. The molecule has 0 aromatic heterocycles. The Morgan fingerprint density at radius 2 is 1.67 bits per heavy atom. The summed E-state index contributed by atoms with van der Waals surface area (Å²) in [5.74, 6) is -0.415. The van der Waals surface area contributed by atoms with Crippen LogP contribution in [0.3, 0.4) is 0 Å². The van der Waals surface area contributed by atoms with Gasteiger partial charge in [0.05, 0.1) is 11.1 Å². The number of urea groups is 1. The number of anilines is 2. The molecule has 1 heterocycles. The van der Waals surface area contributed by atoms with Crippen LogP contribution in [0.1, 0.15) is 34.6 Å². The highest BCUT2D eigenvalue weighted by Gasteiger charge is 2.35. The first-order valence-electron chi connectivity index (χ1n) is 8.61. The molecule has 0 atom stereocenters. The molecule has 0 spiro atoms. The minimum atomic E-state index is -0.413. The maximum Gasteiger partial charge on any atom is 0.323 e. The van der Waals surface area contributed by atoms with Gasteiger partial charge < -0.3 is 10.6 Å². The summed E-state index contributed by atoms with van der Waals surface area (Å²) in [6.07, 6.45) is 1.96. The fourth-order valence-electron chi connectivity index (χ4n) is 2.89. The molecule has 1 aliphatic rings. The van der Waals surface area contributed by atoms with Gasteiger partial charge in [0.25, 0.3) is 11.8 Å². The molecule has 0 aliphatic carbocycles. The first-order valence-corrected chi connectivity index (χ1v) is 9.84. The van der Waals surface area contributed by atoms with E-state index in [0.29, 0.717) is 29.0 Å². The second-order valence-corrected chi connectivity index (χ2v) is 7.57. The number of fused-ring (bicyclic) bond motifs is 1. The average molecular weight is 383 g/mol. The van der Waals surface area contributed by atoms with E-state index in [4.69, 9.17) is 0 Å². The standard InChI is InChI=1S/C20H21N3O3S/c1-12(2)11-23-18(24)16-8-7-14(10-17(16)19(23)25)22-20(26)21-13-5-4-6-15(9-13)27-3/h4-10,12H,11H2,1-3H3,(H2,21,22,26). The Morgan fingerprint density at radius 1 is 1.00 bits per heavy atom. The first-order chi connectivity index (χ1) is 12.9. The Balaban J connectivity index is 1.73. The molecule has 0 radical (unpaired) electrons. The highest BCUT2D eigenvalue weighted by molar-refractivity contribution is 7.98. The van der Waals surface area contributed by atoms with E-state index in [0.717, 1.165) is 4.90 Å². The largest absolute Gasteiger partial charge is 0.323 e. The zero-order chi connectivity index (χ0) is 19.6. The van der Waals surface area contributed by atoms with E-state index in [2.05, 4.69) is 10.6 Å². The van der Waals surface area contributed by atoms with Gasteiger partial charge in [-0.3, -0.25) is 14.5 Å². The van der Waals surface area contributed by atoms with Crippen molar-refractivity contribution >= 4 is 41.0 Å². The maximum absolute atomic E-state index is 12.5. The number of thioether (sulfide) groups is 1. The number of rotatable bonds is 5. The third-order valence-corrected chi connectivity index (χ3v) is 4.83. The Kier molecular flexibility index (Phi) is 5.51. The van der Waals surface area contributed by atoms with Crippen molar-refractivity contribution in [1.82, 2.24) is 4.90 Å². The Bertz CT molecular complexity index is 911. The minimum absolute atomic E-state index is 0.188. The van der Waals surface area contributed by atoms with Crippen molar-refractivity contribution in [3.8, 4) is 0 Å². The van der Waals surface area contributed by atoms with Crippen LogP contribution in [0, 0.1) is 5.92 Å². The van der Waals surface area contributed by atoms with Crippen LogP contribution in [0.4, 0.5) is 16.2 Å². The number of benzene rings is 2. The number of imide groups is 1. The van der Waals surface area contributed by atoms with E-state index in [9.17, 15) is 14.4 Å². The molecule has 140 valence electrons. The molecule has 0 bridgehead atoms. The number of nitrogens with zero attached hydrogens (tertiary/aromatic N) is 1. The van der Waals surface area contributed by atoms with Crippen molar-refractivity contribution < 1.29 is 14.4 Å². The van der Waals surface area contributed by atoms with E-state index in [1.807, 2.05) is 38.3 Å². The molecular formula is C20H21N3O3S. The molecule has 4 amide bonds. The first kappa shape index (κ1) is 19.0. The number of hydrogen-bond acceptors (Lipinski definition) is 4. The third-order valence-electron chi connectivity index (χ3n) is 4.10. The number of nitrogens with one attached hydrogen (secondary N) is 2. The van der Waals surface area contributed by atoms with Crippen LogP contribution in [0.15, 0.2) is 47.4 Å². The molecule has 3 rings (SSSR count). The van der Waals surface area contributed by atoms with Crippen LogP contribution >= 0.6 is 11.8 Å². The van der Waals surface area contributed by atoms with Crippen LogP contribution in [-0.4, -0.2) is 35.5 Å². The summed E-state index contributed by atoms with van der Waals surface area (Å²) in [6, 6.07) is 11.8. The van der Waals surface area contributed by atoms with Gasteiger partial charge in [-0.1, -0.05) is 19.9 Å². The number of carbonyl (C=O) groups excluding carboxylic acids is 3. The van der Waals surface area contributed by atoms with Crippen LogP contribution in [-0.2, 0) is 0 Å². The maximum atomic E-state index is 12.5. The van der Waals surface area contributed by atoms with Crippen molar-refractivity contribution in [2.75, 3.05) is 23.4 Å². The van der Waals surface area contributed by atoms with Gasteiger partial charge in [-0.05, 0) is 48.6 Å². The molecule has 0 fully saturated rings. The third kappa shape index (κ3) is 4.14. The summed E-state index contributed by atoms with van der Waals surface area (Å²) in [6.45, 7) is 4.28. The second-order valence-electron chi connectivity index (χ2n) is 6.69. The van der Waals surface area contributed by atoms with Crippen molar-refractivity contribution in [3.63, 3.8) is 0 Å². The van der Waals surface area contributed by atoms with Gasteiger partial charge in [-0.15, -0.1) is 11.8 Å². The lowest BCUT2D eigenvalue weighted by Crippen LogP contribution is -2.33. The molecule has 1 aliphatic heterocycles. The van der Waals surface area contributed by atoms with Crippen molar-refractivity contribution in [2.45, 2.75) is 18.7 Å². The molecule has 7 heteroatoms. The summed E-state index contributed by atoms with van der Waals surface area (Å²) in [7, 11) is 0. The normalized spacial score (nSPS) is 13.1. The van der Waals surface area contributed by atoms with Crippen LogP contribution in [0.2, 0.25) is 0 Å². The predicted molar refractivity (Wildman–Crippen MR) is 108 cm³/mol. The van der Waals surface area contributed by atoms with Crippen molar-refractivity contribution in [2.24, 2.45) is 5.92 Å². The molecule has 2 aromatic carbocycles. The smallest absolute Gasteiger partial charge is 0.308 e.